The molecule has 0 amide bonds. The van der Waals surface area contributed by atoms with Gasteiger partial charge in [0.25, 0.3) is 0 Å². The number of ether oxygens (including phenoxy) is 2. The van der Waals surface area contributed by atoms with Crippen LogP contribution in [0.4, 0.5) is 0 Å². The Hall–Kier alpha value is -1.25. The first-order valence-electron chi connectivity index (χ1n) is 4.74. The standard InChI is InChI=1S/C11H18O3/c1-5-7-10(13-8-6-2)14-11(12)9(3)4/h6,8,10H,3,5,7H2,1-2,4H3. The van der Waals surface area contributed by atoms with Crippen LogP contribution in [0.15, 0.2) is 24.5 Å². The summed E-state index contributed by atoms with van der Waals surface area (Å²) in [7, 11) is 0. The van der Waals surface area contributed by atoms with Crippen LogP contribution in [0.1, 0.15) is 33.6 Å². The van der Waals surface area contributed by atoms with E-state index in [1.807, 2.05) is 13.8 Å². The Morgan fingerprint density at radius 3 is 2.64 bits per heavy atom. The van der Waals surface area contributed by atoms with E-state index in [0.29, 0.717) is 12.0 Å². The molecule has 3 nitrogen and oxygen atoms in total. The highest BCUT2D eigenvalue weighted by atomic mass is 16.7. The molecule has 0 rings (SSSR count). The lowest BCUT2D eigenvalue weighted by molar-refractivity contribution is -0.165. The molecular weight excluding hydrogens is 180 g/mol. The molecule has 0 aliphatic heterocycles. The van der Waals surface area contributed by atoms with E-state index in [1.54, 1.807) is 13.0 Å². The van der Waals surface area contributed by atoms with Crippen LogP contribution in [0.2, 0.25) is 0 Å². The summed E-state index contributed by atoms with van der Waals surface area (Å²) in [6.07, 6.45) is 4.35. The second kappa shape index (κ2) is 7.18. The lowest BCUT2D eigenvalue weighted by Gasteiger charge is -2.16. The van der Waals surface area contributed by atoms with E-state index >= 15 is 0 Å². The van der Waals surface area contributed by atoms with Crippen LogP contribution in [0.25, 0.3) is 0 Å². The van der Waals surface area contributed by atoms with E-state index in [0.717, 1.165) is 6.42 Å². The molecular formula is C11H18O3. The van der Waals surface area contributed by atoms with Crippen molar-refractivity contribution in [3.8, 4) is 0 Å². The van der Waals surface area contributed by atoms with Gasteiger partial charge in [-0.05, 0) is 20.3 Å². The van der Waals surface area contributed by atoms with Crippen LogP contribution in [-0.2, 0) is 14.3 Å². The Morgan fingerprint density at radius 2 is 2.21 bits per heavy atom. The fraction of sp³-hybridized carbons (Fsp3) is 0.545. The summed E-state index contributed by atoms with van der Waals surface area (Å²) >= 11 is 0. The summed E-state index contributed by atoms with van der Waals surface area (Å²) in [5.41, 5.74) is 0.384. The Balaban J connectivity index is 4.07. The highest BCUT2D eigenvalue weighted by Crippen LogP contribution is 2.07. The average Bonchev–Trinajstić information content (AvgIpc) is 2.14. The first-order chi connectivity index (χ1) is 6.61. The Bertz CT molecular complexity index is 219. The lowest BCUT2D eigenvalue weighted by atomic mass is 10.3. The van der Waals surface area contributed by atoms with E-state index in [9.17, 15) is 4.79 Å². The van der Waals surface area contributed by atoms with E-state index in [1.165, 1.54) is 6.26 Å². The van der Waals surface area contributed by atoms with Gasteiger partial charge in [0.15, 0.2) is 0 Å². The van der Waals surface area contributed by atoms with Gasteiger partial charge in [0.2, 0.25) is 6.29 Å². The number of allylic oxidation sites excluding steroid dienone is 1. The van der Waals surface area contributed by atoms with Gasteiger partial charge < -0.3 is 9.47 Å². The smallest absolute Gasteiger partial charge is 0.336 e. The van der Waals surface area contributed by atoms with Gasteiger partial charge in [-0.1, -0.05) is 19.6 Å². The van der Waals surface area contributed by atoms with Crippen LogP contribution >= 0.6 is 0 Å². The quantitative estimate of drug-likeness (QED) is 0.285. The monoisotopic (exact) mass is 198 g/mol. The number of rotatable bonds is 6. The maximum absolute atomic E-state index is 11.2. The van der Waals surface area contributed by atoms with Gasteiger partial charge in [-0.15, -0.1) is 0 Å². The minimum absolute atomic E-state index is 0.384. The third kappa shape index (κ3) is 5.41. The van der Waals surface area contributed by atoms with Crippen LogP contribution in [0.5, 0.6) is 0 Å². The van der Waals surface area contributed by atoms with Gasteiger partial charge in [0.1, 0.15) is 0 Å². The molecule has 0 saturated heterocycles. The van der Waals surface area contributed by atoms with E-state index in [4.69, 9.17) is 9.47 Å². The molecule has 0 saturated carbocycles. The number of carbonyl (C=O) groups excluding carboxylic acids is 1. The number of esters is 1. The Morgan fingerprint density at radius 1 is 1.57 bits per heavy atom. The largest absolute Gasteiger partial charge is 0.463 e. The molecule has 0 heterocycles. The van der Waals surface area contributed by atoms with Crippen molar-refractivity contribution in [2.45, 2.75) is 39.9 Å². The topological polar surface area (TPSA) is 35.5 Å². The molecule has 0 aromatic rings. The fourth-order valence-electron chi connectivity index (χ4n) is 0.777. The zero-order valence-electron chi connectivity index (χ0n) is 9.08. The van der Waals surface area contributed by atoms with Gasteiger partial charge in [-0.2, -0.15) is 0 Å². The van der Waals surface area contributed by atoms with Crippen LogP contribution in [0.3, 0.4) is 0 Å². The maximum atomic E-state index is 11.2. The van der Waals surface area contributed by atoms with Crippen molar-refractivity contribution in [2.24, 2.45) is 0 Å². The van der Waals surface area contributed by atoms with Gasteiger partial charge in [0, 0.05) is 12.0 Å². The minimum atomic E-state index is -0.500. The van der Waals surface area contributed by atoms with Gasteiger partial charge >= 0.3 is 5.97 Å². The van der Waals surface area contributed by atoms with Crippen molar-refractivity contribution in [1.82, 2.24) is 0 Å². The number of hydrogen-bond donors (Lipinski definition) is 0. The third-order valence-corrected chi connectivity index (χ3v) is 1.48. The minimum Gasteiger partial charge on any atom is -0.463 e. The fourth-order valence-corrected chi connectivity index (χ4v) is 0.777. The predicted molar refractivity (Wildman–Crippen MR) is 55.5 cm³/mol. The normalized spacial score (nSPS) is 12.5. The summed E-state index contributed by atoms with van der Waals surface area (Å²) in [6, 6.07) is 0. The molecule has 0 bridgehead atoms. The van der Waals surface area contributed by atoms with Crippen LogP contribution in [-0.4, -0.2) is 12.3 Å². The first-order valence-corrected chi connectivity index (χ1v) is 4.74. The van der Waals surface area contributed by atoms with Crippen molar-refractivity contribution in [3.63, 3.8) is 0 Å². The van der Waals surface area contributed by atoms with Crippen molar-refractivity contribution in [3.05, 3.63) is 24.5 Å². The third-order valence-electron chi connectivity index (χ3n) is 1.48. The molecule has 0 fully saturated rings. The summed E-state index contributed by atoms with van der Waals surface area (Å²) < 4.78 is 10.2. The average molecular weight is 198 g/mol. The second-order valence-corrected chi connectivity index (χ2v) is 3.01. The lowest BCUT2D eigenvalue weighted by Crippen LogP contribution is -2.19. The molecule has 0 aliphatic rings. The van der Waals surface area contributed by atoms with Gasteiger partial charge in [0.05, 0.1) is 6.26 Å². The molecule has 14 heavy (non-hydrogen) atoms. The zero-order chi connectivity index (χ0) is 11.0. The molecule has 0 spiro atoms. The summed E-state index contributed by atoms with van der Waals surface area (Å²) in [5, 5.41) is 0. The highest BCUT2D eigenvalue weighted by Gasteiger charge is 2.13. The number of hydrogen-bond acceptors (Lipinski definition) is 3. The Kier molecular flexibility index (Phi) is 6.54. The van der Waals surface area contributed by atoms with Gasteiger partial charge in [-0.25, -0.2) is 4.79 Å². The van der Waals surface area contributed by atoms with E-state index in [-0.39, 0.29) is 0 Å². The molecule has 0 radical (unpaired) electrons. The zero-order valence-corrected chi connectivity index (χ0v) is 9.08. The predicted octanol–water partition coefficient (Wildman–Crippen LogP) is 2.78. The summed E-state index contributed by atoms with van der Waals surface area (Å²) in [6.45, 7) is 8.95. The second-order valence-electron chi connectivity index (χ2n) is 3.01. The molecule has 80 valence electrons. The molecule has 3 heteroatoms. The molecule has 0 aromatic carbocycles. The molecule has 0 N–H and O–H groups in total. The summed E-state index contributed by atoms with van der Waals surface area (Å²) in [5.74, 6) is -0.409. The van der Waals surface area contributed by atoms with Crippen LogP contribution < -0.4 is 0 Å². The van der Waals surface area contributed by atoms with Crippen LogP contribution in [0, 0.1) is 0 Å². The Labute approximate surface area is 85.4 Å². The van der Waals surface area contributed by atoms with Crippen molar-refractivity contribution < 1.29 is 14.3 Å². The molecule has 0 aromatic heterocycles. The van der Waals surface area contributed by atoms with Crippen molar-refractivity contribution in [2.75, 3.05) is 0 Å². The summed E-state index contributed by atoms with van der Waals surface area (Å²) in [4.78, 5) is 11.2. The van der Waals surface area contributed by atoms with Crippen molar-refractivity contribution >= 4 is 5.97 Å². The molecule has 1 atom stereocenters. The van der Waals surface area contributed by atoms with E-state index in [2.05, 4.69) is 6.58 Å². The first kappa shape index (κ1) is 12.8. The van der Waals surface area contributed by atoms with E-state index < -0.39 is 12.3 Å². The SMILES string of the molecule is C=C(C)C(=O)OC(CCC)OC=CC. The van der Waals surface area contributed by atoms with Crippen molar-refractivity contribution in [1.29, 1.82) is 0 Å². The highest BCUT2D eigenvalue weighted by molar-refractivity contribution is 5.86. The maximum Gasteiger partial charge on any atom is 0.336 e. The molecule has 0 aliphatic carbocycles. The molecule has 1 unspecified atom stereocenters. The van der Waals surface area contributed by atoms with Gasteiger partial charge in [-0.3, -0.25) is 0 Å². The number of carbonyl (C=O) groups is 1.